The van der Waals surface area contributed by atoms with E-state index in [1.54, 1.807) is 0 Å². The Morgan fingerprint density at radius 2 is 1.18 bits per heavy atom. The summed E-state index contributed by atoms with van der Waals surface area (Å²) in [4.78, 5) is 8.14. The van der Waals surface area contributed by atoms with Crippen LogP contribution in [0.5, 0.6) is 0 Å². The van der Waals surface area contributed by atoms with E-state index in [0.717, 1.165) is 41.1 Å². The van der Waals surface area contributed by atoms with Crippen molar-refractivity contribution in [3.8, 4) is 11.1 Å². The Bertz CT molecular complexity index is 3530. The third-order valence-electron chi connectivity index (χ3n) is 19.0. The first-order chi connectivity index (χ1) is 34.1. The van der Waals surface area contributed by atoms with Gasteiger partial charge in [0.15, 0.2) is 0 Å². The summed E-state index contributed by atoms with van der Waals surface area (Å²) in [6.07, 6.45) is 7.08. The molecule has 5 aliphatic rings. The first-order valence-electron chi connectivity index (χ1n) is 27.1. The molecular weight excluding hydrogens is 874 g/mol. The molecule has 72 heavy (non-hydrogen) atoms. The van der Waals surface area contributed by atoms with Gasteiger partial charge >= 0.3 is 6.85 Å². The zero-order chi connectivity index (χ0) is 50.2. The van der Waals surface area contributed by atoms with Gasteiger partial charge in [-0.25, -0.2) is 0 Å². The molecule has 4 heterocycles. The van der Waals surface area contributed by atoms with Crippen LogP contribution in [0.3, 0.4) is 0 Å². The second-order valence-corrected chi connectivity index (χ2v) is 26.4. The van der Waals surface area contributed by atoms with E-state index in [9.17, 15) is 0 Å². The summed E-state index contributed by atoms with van der Waals surface area (Å²) in [5, 5.41) is 2.40. The van der Waals surface area contributed by atoms with Crippen LogP contribution in [0.15, 0.2) is 132 Å². The quantitative estimate of drug-likeness (QED) is 0.164. The van der Waals surface area contributed by atoms with Crippen molar-refractivity contribution in [2.24, 2.45) is 0 Å². The van der Waals surface area contributed by atoms with Crippen molar-refractivity contribution in [1.29, 1.82) is 0 Å². The van der Waals surface area contributed by atoms with Crippen molar-refractivity contribution in [2.75, 3.05) is 14.6 Å². The van der Waals surface area contributed by atoms with Gasteiger partial charge in [0.05, 0.1) is 5.54 Å². The van der Waals surface area contributed by atoms with Gasteiger partial charge in [0, 0.05) is 61.6 Å². The van der Waals surface area contributed by atoms with Crippen molar-refractivity contribution in [3.05, 3.63) is 161 Å². The monoisotopic (exact) mass is 946 g/mol. The SMILES string of the molecule is Cc1cc(C(C)(C)C)ccc1N1B2c3cc(C(C)(C)C)cc4c3N(c3cc(N(c5ccccc5)c5ccccc5)cc(c32)-c2c1ccc1c2oc2cc3c(cc21)C(C)(C)CCC3(C)C)C1(C)CCCCC41C. The lowest BCUT2D eigenvalue weighted by molar-refractivity contribution is 0.195. The van der Waals surface area contributed by atoms with Gasteiger partial charge in [0.25, 0.3) is 0 Å². The minimum atomic E-state index is -0.153. The van der Waals surface area contributed by atoms with Gasteiger partial charge < -0.3 is 19.0 Å². The number of furan rings is 1. The van der Waals surface area contributed by atoms with Crippen LogP contribution >= 0.6 is 0 Å². The summed E-state index contributed by atoms with van der Waals surface area (Å²) in [7, 11) is 0. The Hall–Kier alpha value is -6.20. The van der Waals surface area contributed by atoms with Gasteiger partial charge in [-0.2, -0.15) is 0 Å². The molecule has 2 atom stereocenters. The van der Waals surface area contributed by atoms with E-state index in [1.807, 2.05) is 0 Å². The maximum Gasteiger partial charge on any atom is 0.333 e. The maximum atomic E-state index is 7.57. The van der Waals surface area contributed by atoms with E-state index >= 15 is 0 Å². The molecule has 1 saturated carbocycles. The molecule has 0 saturated heterocycles. The van der Waals surface area contributed by atoms with Crippen molar-refractivity contribution in [3.63, 3.8) is 0 Å². The fraction of sp³-hybridized carbons (Fsp3) is 0.373. The second kappa shape index (κ2) is 15.0. The third kappa shape index (κ3) is 6.24. The van der Waals surface area contributed by atoms with E-state index in [4.69, 9.17) is 4.42 Å². The average Bonchev–Trinajstić information content (AvgIpc) is 3.81. The van der Waals surface area contributed by atoms with Crippen LogP contribution in [0.25, 0.3) is 33.1 Å². The summed E-state index contributed by atoms with van der Waals surface area (Å²) in [5.41, 5.74) is 24.2. The summed E-state index contributed by atoms with van der Waals surface area (Å²) in [6, 6.07) is 49.5. The predicted molar refractivity (Wildman–Crippen MR) is 308 cm³/mol. The molecule has 0 amide bonds. The summed E-state index contributed by atoms with van der Waals surface area (Å²) in [6.45, 7) is 31.4. The highest BCUT2D eigenvalue weighted by Gasteiger charge is 2.62. The van der Waals surface area contributed by atoms with Crippen LogP contribution in [0.1, 0.15) is 155 Å². The Labute approximate surface area is 429 Å². The van der Waals surface area contributed by atoms with Crippen LogP contribution < -0.4 is 25.5 Å². The molecule has 3 aliphatic heterocycles. The van der Waals surface area contributed by atoms with E-state index in [1.165, 1.54) is 115 Å². The highest BCUT2D eigenvalue weighted by Crippen LogP contribution is 2.64. The normalized spacial score (nSPS) is 21.3. The Morgan fingerprint density at radius 1 is 0.556 bits per heavy atom. The van der Waals surface area contributed by atoms with Gasteiger partial charge in [-0.05, 0) is 178 Å². The molecule has 0 spiro atoms. The highest BCUT2D eigenvalue weighted by atomic mass is 16.3. The number of fused-ring (bicyclic) bond motifs is 12. The van der Waals surface area contributed by atoms with Crippen LogP contribution in [-0.4, -0.2) is 12.4 Å². The van der Waals surface area contributed by atoms with Crippen molar-refractivity contribution < 1.29 is 4.42 Å². The summed E-state index contributed by atoms with van der Waals surface area (Å²) < 4.78 is 7.57. The molecule has 13 rings (SSSR count). The molecule has 0 N–H and O–H groups in total. The van der Waals surface area contributed by atoms with Gasteiger partial charge in [0.2, 0.25) is 0 Å². The number of anilines is 7. The molecule has 4 nitrogen and oxygen atoms in total. The molecule has 8 aromatic rings. The van der Waals surface area contributed by atoms with E-state index in [2.05, 4.69) is 232 Å². The average molecular weight is 946 g/mol. The summed E-state index contributed by atoms with van der Waals surface area (Å²) >= 11 is 0. The predicted octanol–water partition coefficient (Wildman–Crippen LogP) is 17.3. The Morgan fingerprint density at radius 3 is 1.82 bits per heavy atom. The number of para-hydroxylation sites is 2. The van der Waals surface area contributed by atoms with E-state index in [0.29, 0.717) is 0 Å². The molecule has 1 aromatic heterocycles. The Kier molecular flexibility index (Phi) is 9.48. The Balaban J connectivity index is 1.21. The molecule has 5 heteroatoms. The molecule has 364 valence electrons. The molecule has 2 aliphatic carbocycles. The van der Waals surface area contributed by atoms with Crippen molar-refractivity contribution in [1.82, 2.24) is 0 Å². The lowest BCUT2D eigenvalue weighted by atomic mass is 9.43. The third-order valence-corrected chi connectivity index (χ3v) is 19.0. The zero-order valence-electron chi connectivity index (χ0n) is 45.2. The summed E-state index contributed by atoms with van der Waals surface area (Å²) in [5.74, 6) is 0. The maximum absolute atomic E-state index is 7.57. The number of nitrogens with zero attached hydrogens (tertiary/aromatic N) is 3. The standard InChI is InChI=1S/C67H72BN3O/c1-41-34-42(62(2,3)4)26-28-54(41)71-55-29-27-47-48-39-50-51(65(10,11)33-32-64(50,8)9)40-57(48)72-61(47)58(55)49-37-46(69(44-22-16-14-17-23-44)45-24-18-15-19-25-45)38-56-59(49)68(71)53-36-43(63(5,6)7)35-52-60(53)70(56)67(13)31-21-20-30-66(52,67)12/h14-19,22-29,34-40H,20-21,30-33H2,1-13H3. The first kappa shape index (κ1) is 45.7. The van der Waals surface area contributed by atoms with Gasteiger partial charge in [-0.1, -0.05) is 150 Å². The molecule has 1 fully saturated rings. The lowest BCUT2D eigenvalue weighted by Crippen LogP contribution is -2.64. The molecular formula is C67H72BN3O. The molecule has 7 aromatic carbocycles. The van der Waals surface area contributed by atoms with Gasteiger partial charge in [-0.15, -0.1) is 0 Å². The van der Waals surface area contributed by atoms with Gasteiger partial charge in [0.1, 0.15) is 11.2 Å². The number of hydrogen-bond donors (Lipinski definition) is 0. The smallest absolute Gasteiger partial charge is 0.333 e. The van der Waals surface area contributed by atoms with E-state index < -0.39 is 0 Å². The highest BCUT2D eigenvalue weighted by molar-refractivity contribution is 6.93. The fourth-order valence-corrected chi connectivity index (χ4v) is 14.5. The van der Waals surface area contributed by atoms with Crippen LogP contribution in [0.2, 0.25) is 0 Å². The minimum Gasteiger partial charge on any atom is -0.455 e. The molecule has 0 bridgehead atoms. The fourth-order valence-electron chi connectivity index (χ4n) is 14.5. The lowest BCUT2D eigenvalue weighted by Gasteiger charge is -2.53. The van der Waals surface area contributed by atoms with Crippen molar-refractivity contribution >= 4 is 79.5 Å². The topological polar surface area (TPSA) is 22.9 Å². The number of hydrogen-bond acceptors (Lipinski definition) is 4. The largest absolute Gasteiger partial charge is 0.455 e. The number of benzene rings is 7. The second-order valence-electron chi connectivity index (χ2n) is 26.4. The number of aryl methyl sites for hydroxylation is 1. The molecule has 2 unspecified atom stereocenters. The zero-order valence-corrected chi connectivity index (χ0v) is 45.2. The van der Waals surface area contributed by atoms with Gasteiger partial charge in [-0.3, -0.25) is 0 Å². The van der Waals surface area contributed by atoms with Crippen LogP contribution in [0.4, 0.5) is 39.8 Å². The van der Waals surface area contributed by atoms with Crippen LogP contribution in [-0.2, 0) is 27.1 Å². The minimum absolute atomic E-state index is 0.0137. The number of rotatable bonds is 4. The van der Waals surface area contributed by atoms with Crippen LogP contribution in [0, 0.1) is 6.92 Å². The van der Waals surface area contributed by atoms with E-state index in [-0.39, 0.29) is 39.5 Å². The molecule has 0 radical (unpaired) electrons. The van der Waals surface area contributed by atoms with Crippen molar-refractivity contribution in [2.45, 2.75) is 161 Å². The first-order valence-corrected chi connectivity index (χ1v) is 27.1.